The van der Waals surface area contributed by atoms with Crippen LogP contribution in [0.15, 0.2) is 24.3 Å². The topological polar surface area (TPSA) is 41.5 Å². The predicted octanol–water partition coefficient (Wildman–Crippen LogP) is 1.41. The fourth-order valence-corrected chi connectivity index (χ4v) is 2.38. The van der Waals surface area contributed by atoms with Crippen molar-refractivity contribution >= 4 is 0 Å². The van der Waals surface area contributed by atoms with Gasteiger partial charge in [0.05, 0.1) is 18.3 Å². The average Bonchev–Trinajstić information content (AvgIpc) is 3.08. The molecule has 1 unspecified atom stereocenters. The molecular formula is C14H19NO2. The van der Waals surface area contributed by atoms with E-state index in [4.69, 9.17) is 4.74 Å². The van der Waals surface area contributed by atoms with Gasteiger partial charge in [0, 0.05) is 19.5 Å². The van der Waals surface area contributed by atoms with Crippen molar-refractivity contribution in [2.75, 3.05) is 19.7 Å². The van der Waals surface area contributed by atoms with Crippen LogP contribution in [0.25, 0.3) is 0 Å². The maximum absolute atomic E-state index is 9.94. The summed E-state index contributed by atoms with van der Waals surface area (Å²) in [6.07, 6.45) is 2.83. The first-order valence-electron chi connectivity index (χ1n) is 6.39. The van der Waals surface area contributed by atoms with Gasteiger partial charge in [-0.15, -0.1) is 0 Å². The van der Waals surface area contributed by atoms with E-state index in [2.05, 4.69) is 29.6 Å². The second-order valence-corrected chi connectivity index (χ2v) is 5.21. The first-order valence-corrected chi connectivity index (χ1v) is 6.39. The number of aliphatic hydroxyl groups is 1. The highest BCUT2D eigenvalue weighted by atomic mass is 16.5. The summed E-state index contributed by atoms with van der Waals surface area (Å²) in [5, 5.41) is 13.3. The zero-order chi connectivity index (χ0) is 11.7. The lowest BCUT2D eigenvalue weighted by Gasteiger charge is -2.24. The van der Waals surface area contributed by atoms with Crippen LogP contribution in [0.5, 0.6) is 0 Å². The van der Waals surface area contributed by atoms with Gasteiger partial charge < -0.3 is 15.2 Å². The van der Waals surface area contributed by atoms with Crippen molar-refractivity contribution in [1.82, 2.24) is 5.32 Å². The lowest BCUT2D eigenvalue weighted by atomic mass is 10.0. The van der Waals surface area contributed by atoms with Crippen LogP contribution in [0.1, 0.15) is 30.1 Å². The van der Waals surface area contributed by atoms with Crippen molar-refractivity contribution in [2.45, 2.75) is 31.0 Å². The zero-order valence-corrected chi connectivity index (χ0v) is 9.98. The van der Waals surface area contributed by atoms with E-state index in [0.29, 0.717) is 0 Å². The molecule has 0 radical (unpaired) electrons. The summed E-state index contributed by atoms with van der Waals surface area (Å²) < 4.78 is 5.74. The number of rotatable bonds is 3. The van der Waals surface area contributed by atoms with E-state index in [-0.39, 0.29) is 6.10 Å². The zero-order valence-electron chi connectivity index (χ0n) is 9.98. The molecule has 2 fully saturated rings. The smallest absolute Gasteiger partial charge is 0.0949 e. The van der Waals surface area contributed by atoms with E-state index in [0.717, 1.165) is 39.0 Å². The van der Waals surface area contributed by atoms with E-state index in [1.807, 2.05) is 0 Å². The number of morpholine rings is 1. The molecule has 1 aliphatic heterocycles. The summed E-state index contributed by atoms with van der Waals surface area (Å²) in [7, 11) is 0. The molecule has 1 saturated heterocycles. The molecule has 0 spiro atoms. The Balaban J connectivity index is 1.73. The molecule has 3 heteroatoms. The standard InChI is InChI=1S/C14H19NO2/c16-14(4-5-14)9-11-2-1-3-12(8-11)13-10-15-6-7-17-13/h1-3,8,13,15-16H,4-7,9-10H2. The molecule has 92 valence electrons. The Bertz CT molecular complexity index is 395. The lowest BCUT2D eigenvalue weighted by Crippen LogP contribution is -2.33. The molecule has 2 aliphatic rings. The van der Waals surface area contributed by atoms with Crippen molar-refractivity contribution in [2.24, 2.45) is 0 Å². The summed E-state index contributed by atoms with van der Waals surface area (Å²) in [6, 6.07) is 8.44. The Morgan fingerprint density at radius 2 is 2.29 bits per heavy atom. The third-order valence-electron chi connectivity index (χ3n) is 3.61. The van der Waals surface area contributed by atoms with Gasteiger partial charge in [0.15, 0.2) is 0 Å². The van der Waals surface area contributed by atoms with Crippen LogP contribution in [0, 0.1) is 0 Å². The van der Waals surface area contributed by atoms with Gasteiger partial charge in [-0.3, -0.25) is 0 Å². The van der Waals surface area contributed by atoms with Crippen LogP contribution in [0.3, 0.4) is 0 Å². The molecular weight excluding hydrogens is 214 g/mol. The maximum Gasteiger partial charge on any atom is 0.0949 e. The van der Waals surface area contributed by atoms with Crippen molar-refractivity contribution in [3.05, 3.63) is 35.4 Å². The molecule has 2 N–H and O–H groups in total. The highest BCUT2D eigenvalue weighted by Gasteiger charge is 2.40. The molecule has 17 heavy (non-hydrogen) atoms. The predicted molar refractivity (Wildman–Crippen MR) is 65.9 cm³/mol. The van der Waals surface area contributed by atoms with Gasteiger partial charge >= 0.3 is 0 Å². The van der Waals surface area contributed by atoms with Gasteiger partial charge in [-0.25, -0.2) is 0 Å². The number of hydrogen-bond acceptors (Lipinski definition) is 3. The maximum atomic E-state index is 9.94. The van der Waals surface area contributed by atoms with Crippen molar-refractivity contribution in [1.29, 1.82) is 0 Å². The highest BCUT2D eigenvalue weighted by molar-refractivity contribution is 5.28. The van der Waals surface area contributed by atoms with E-state index in [9.17, 15) is 5.11 Å². The third kappa shape index (κ3) is 2.68. The minimum Gasteiger partial charge on any atom is -0.390 e. The molecule has 1 aromatic carbocycles. The SMILES string of the molecule is OC1(Cc2cccc(C3CNCCO3)c2)CC1. The number of nitrogens with one attached hydrogen (secondary N) is 1. The fraction of sp³-hybridized carbons (Fsp3) is 0.571. The fourth-order valence-electron chi connectivity index (χ4n) is 2.38. The molecule has 0 aromatic heterocycles. The van der Waals surface area contributed by atoms with Crippen molar-refractivity contribution in [3.63, 3.8) is 0 Å². The van der Waals surface area contributed by atoms with Gasteiger partial charge in [-0.05, 0) is 24.0 Å². The summed E-state index contributed by atoms with van der Waals surface area (Å²) in [5.41, 5.74) is 2.03. The molecule has 0 bridgehead atoms. The Morgan fingerprint density at radius 1 is 1.41 bits per heavy atom. The minimum atomic E-state index is -0.412. The van der Waals surface area contributed by atoms with E-state index in [1.165, 1.54) is 11.1 Å². The minimum absolute atomic E-state index is 0.164. The van der Waals surface area contributed by atoms with Gasteiger partial charge in [0.25, 0.3) is 0 Å². The van der Waals surface area contributed by atoms with E-state index in [1.54, 1.807) is 0 Å². The van der Waals surface area contributed by atoms with Crippen LogP contribution < -0.4 is 5.32 Å². The molecule has 3 nitrogen and oxygen atoms in total. The Hall–Kier alpha value is -0.900. The van der Waals surface area contributed by atoms with Crippen molar-refractivity contribution in [3.8, 4) is 0 Å². The average molecular weight is 233 g/mol. The summed E-state index contributed by atoms with van der Waals surface area (Å²) >= 11 is 0. The highest BCUT2D eigenvalue weighted by Crippen LogP contribution is 2.38. The molecule has 0 amide bonds. The summed E-state index contributed by atoms with van der Waals surface area (Å²) in [4.78, 5) is 0. The molecule has 1 atom stereocenters. The molecule has 1 saturated carbocycles. The number of ether oxygens (including phenoxy) is 1. The van der Waals surface area contributed by atoms with Crippen LogP contribution in [-0.4, -0.2) is 30.4 Å². The molecule has 1 aromatic rings. The van der Waals surface area contributed by atoms with Gasteiger partial charge in [0.2, 0.25) is 0 Å². The summed E-state index contributed by atoms with van der Waals surface area (Å²) in [5.74, 6) is 0. The second-order valence-electron chi connectivity index (χ2n) is 5.21. The second kappa shape index (κ2) is 4.41. The molecule has 1 heterocycles. The summed E-state index contributed by atoms with van der Waals surface area (Å²) in [6.45, 7) is 2.60. The van der Waals surface area contributed by atoms with Crippen molar-refractivity contribution < 1.29 is 9.84 Å². The first-order chi connectivity index (χ1) is 8.25. The Morgan fingerprint density at radius 3 is 3.00 bits per heavy atom. The quantitative estimate of drug-likeness (QED) is 0.829. The van der Waals surface area contributed by atoms with Gasteiger partial charge in [-0.2, -0.15) is 0 Å². The Kier molecular flexibility index (Phi) is 2.90. The van der Waals surface area contributed by atoms with Crippen LogP contribution in [0.4, 0.5) is 0 Å². The van der Waals surface area contributed by atoms with Crippen LogP contribution >= 0.6 is 0 Å². The van der Waals surface area contributed by atoms with Crippen LogP contribution in [0.2, 0.25) is 0 Å². The first kappa shape index (κ1) is 11.2. The third-order valence-corrected chi connectivity index (χ3v) is 3.61. The normalized spacial score (nSPS) is 26.8. The van der Waals surface area contributed by atoms with E-state index < -0.39 is 5.60 Å². The van der Waals surface area contributed by atoms with Gasteiger partial charge in [0.1, 0.15) is 0 Å². The number of benzene rings is 1. The Labute approximate surface area is 102 Å². The monoisotopic (exact) mass is 233 g/mol. The molecule has 1 aliphatic carbocycles. The largest absolute Gasteiger partial charge is 0.390 e. The van der Waals surface area contributed by atoms with Crippen LogP contribution in [-0.2, 0) is 11.2 Å². The number of hydrogen-bond donors (Lipinski definition) is 2. The lowest BCUT2D eigenvalue weighted by molar-refractivity contribution is 0.0276. The van der Waals surface area contributed by atoms with E-state index >= 15 is 0 Å². The molecule has 3 rings (SSSR count). The van der Waals surface area contributed by atoms with Gasteiger partial charge in [-0.1, -0.05) is 24.3 Å².